The summed E-state index contributed by atoms with van der Waals surface area (Å²) in [5, 5.41) is 16.6. The van der Waals surface area contributed by atoms with Crippen LogP contribution in [0.2, 0.25) is 0 Å². The zero-order valence-electron chi connectivity index (χ0n) is 10.3. The molecule has 0 aliphatic carbocycles. The third-order valence-corrected chi connectivity index (χ3v) is 3.51. The van der Waals surface area contributed by atoms with Gasteiger partial charge in [0.05, 0.1) is 12.6 Å². The van der Waals surface area contributed by atoms with Crippen molar-refractivity contribution in [2.45, 2.75) is 45.3 Å². The Labute approximate surface area is 97.7 Å². The molecule has 3 N–H and O–H groups in total. The fourth-order valence-electron chi connectivity index (χ4n) is 2.32. The normalized spacial score (nSPS) is 29.7. The van der Waals surface area contributed by atoms with E-state index < -0.39 is 6.10 Å². The molecular formula is C11H24N4O. The Balaban J connectivity index is 2.38. The van der Waals surface area contributed by atoms with Crippen molar-refractivity contribution in [1.29, 1.82) is 0 Å². The molecule has 0 spiro atoms. The van der Waals surface area contributed by atoms with Crippen LogP contribution in [0.25, 0.3) is 0 Å². The van der Waals surface area contributed by atoms with Crippen molar-refractivity contribution in [3.05, 3.63) is 0 Å². The number of nitrogens with two attached hydrogens (primary N) is 1. The van der Waals surface area contributed by atoms with Gasteiger partial charge in [0.1, 0.15) is 0 Å². The number of aliphatic hydroxyl groups excluding tert-OH is 1. The SMILES string of the molecule is CCC1CCC(C)N(C[C@@H](O)CN=NN)C1. The Morgan fingerprint density at radius 3 is 2.88 bits per heavy atom. The Morgan fingerprint density at radius 2 is 2.25 bits per heavy atom. The van der Waals surface area contributed by atoms with Gasteiger partial charge in [-0.1, -0.05) is 18.6 Å². The van der Waals surface area contributed by atoms with Crippen molar-refractivity contribution in [1.82, 2.24) is 4.90 Å². The molecule has 1 heterocycles. The number of β-amino-alcohol motifs (C(OH)–C–C–N with tert-alkyl or cyclic N) is 1. The van der Waals surface area contributed by atoms with E-state index in [9.17, 15) is 5.11 Å². The van der Waals surface area contributed by atoms with E-state index in [1.54, 1.807) is 0 Å². The van der Waals surface area contributed by atoms with E-state index in [2.05, 4.69) is 29.1 Å². The van der Waals surface area contributed by atoms with Gasteiger partial charge in [0.15, 0.2) is 0 Å². The summed E-state index contributed by atoms with van der Waals surface area (Å²) in [6, 6.07) is 0.562. The van der Waals surface area contributed by atoms with Crippen molar-refractivity contribution >= 4 is 0 Å². The molecule has 1 saturated heterocycles. The Bertz CT molecular complexity index is 222. The largest absolute Gasteiger partial charge is 0.390 e. The Hall–Kier alpha value is -0.680. The number of piperidine rings is 1. The van der Waals surface area contributed by atoms with E-state index in [4.69, 9.17) is 5.84 Å². The summed E-state index contributed by atoms with van der Waals surface area (Å²) in [5.74, 6) is 5.69. The van der Waals surface area contributed by atoms with Gasteiger partial charge >= 0.3 is 0 Å². The quantitative estimate of drug-likeness (QED) is 0.421. The highest BCUT2D eigenvalue weighted by atomic mass is 16.3. The van der Waals surface area contributed by atoms with Gasteiger partial charge in [-0.2, -0.15) is 5.11 Å². The summed E-state index contributed by atoms with van der Waals surface area (Å²) in [6.07, 6.45) is 3.31. The van der Waals surface area contributed by atoms with Gasteiger partial charge in [0, 0.05) is 19.1 Å². The Kier molecular flexibility index (Phi) is 5.69. The molecule has 1 aliphatic rings. The lowest BCUT2D eigenvalue weighted by atomic mass is 9.91. The second kappa shape index (κ2) is 6.81. The lowest BCUT2D eigenvalue weighted by molar-refractivity contribution is 0.0561. The number of hydrogen-bond donors (Lipinski definition) is 2. The molecule has 0 radical (unpaired) electrons. The standard InChI is InChI=1S/C11H24N4O/c1-3-10-5-4-9(2)15(7-10)8-11(16)6-13-14-12/h9-11,16H,3-8H2,1-2H3,(H2,12,13)/t9?,10?,11-/m0/s1. The van der Waals surface area contributed by atoms with Crippen molar-refractivity contribution in [2.75, 3.05) is 19.6 Å². The molecule has 94 valence electrons. The topological polar surface area (TPSA) is 74.2 Å². The monoisotopic (exact) mass is 228 g/mol. The fourth-order valence-corrected chi connectivity index (χ4v) is 2.32. The van der Waals surface area contributed by atoms with E-state index in [-0.39, 0.29) is 0 Å². The highest BCUT2D eigenvalue weighted by molar-refractivity contribution is 4.80. The molecule has 5 heteroatoms. The van der Waals surface area contributed by atoms with Crippen LogP contribution in [0, 0.1) is 5.92 Å². The molecule has 0 bridgehead atoms. The molecule has 0 aromatic heterocycles. The average molecular weight is 228 g/mol. The molecule has 5 nitrogen and oxygen atoms in total. The van der Waals surface area contributed by atoms with Crippen LogP contribution >= 0.6 is 0 Å². The van der Waals surface area contributed by atoms with Crippen LogP contribution < -0.4 is 5.84 Å². The molecule has 1 rings (SSSR count). The maximum absolute atomic E-state index is 9.76. The third kappa shape index (κ3) is 4.06. The Morgan fingerprint density at radius 1 is 1.50 bits per heavy atom. The van der Waals surface area contributed by atoms with E-state index in [0.717, 1.165) is 12.5 Å². The minimum Gasteiger partial charge on any atom is -0.390 e. The van der Waals surface area contributed by atoms with Crippen LogP contribution in [0.1, 0.15) is 33.1 Å². The molecule has 0 saturated carbocycles. The summed E-state index contributed by atoms with van der Waals surface area (Å²) >= 11 is 0. The highest BCUT2D eigenvalue weighted by Gasteiger charge is 2.25. The van der Waals surface area contributed by atoms with Crippen molar-refractivity contribution in [2.24, 2.45) is 22.1 Å². The number of nitrogens with zero attached hydrogens (tertiary/aromatic N) is 3. The van der Waals surface area contributed by atoms with Crippen LogP contribution in [0.3, 0.4) is 0 Å². The van der Waals surface area contributed by atoms with E-state index in [1.165, 1.54) is 19.3 Å². The van der Waals surface area contributed by atoms with Gasteiger partial charge in [-0.3, -0.25) is 4.90 Å². The molecule has 0 amide bonds. The molecule has 1 aliphatic heterocycles. The van der Waals surface area contributed by atoms with Gasteiger partial charge in [-0.25, -0.2) is 0 Å². The number of hydrogen-bond acceptors (Lipinski definition) is 4. The summed E-state index contributed by atoms with van der Waals surface area (Å²) in [7, 11) is 0. The van der Waals surface area contributed by atoms with E-state index in [0.29, 0.717) is 19.1 Å². The number of likely N-dealkylation sites (tertiary alicyclic amines) is 1. The van der Waals surface area contributed by atoms with Gasteiger partial charge in [0.25, 0.3) is 0 Å². The molecule has 0 aromatic rings. The third-order valence-electron chi connectivity index (χ3n) is 3.51. The number of aliphatic hydroxyl groups is 1. The van der Waals surface area contributed by atoms with Crippen LogP contribution in [0.5, 0.6) is 0 Å². The van der Waals surface area contributed by atoms with Crippen LogP contribution in [0.15, 0.2) is 10.3 Å². The van der Waals surface area contributed by atoms with Crippen LogP contribution in [-0.2, 0) is 0 Å². The minimum absolute atomic E-state index is 0.302. The molecule has 2 unspecified atom stereocenters. The van der Waals surface area contributed by atoms with E-state index >= 15 is 0 Å². The summed E-state index contributed by atoms with van der Waals surface area (Å²) < 4.78 is 0. The fraction of sp³-hybridized carbons (Fsp3) is 1.00. The maximum Gasteiger partial charge on any atom is 0.0892 e. The zero-order chi connectivity index (χ0) is 12.0. The van der Waals surface area contributed by atoms with Crippen molar-refractivity contribution in [3.63, 3.8) is 0 Å². The first kappa shape index (κ1) is 13.4. The lowest BCUT2D eigenvalue weighted by Crippen LogP contribution is -2.45. The van der Waals surface area contributed by atoms with Crippen LogP contribution in [0.4, 0.5) is 0 Å². The van der Waals surface area contributed by atoms with E-state index in [1.807, 2.05) is 0 Å². The van der Waals surface area contributed by atoms with Gasteiger partial charge in [-0.15, -0.1) is 0 Å². The smallest absolute Gasteiger partial charge is 0.0892 e. The van der Waals surface area contributed by atoms with Gasteiger partial charge in [0.2, 0.25) is 0 Å². The highest BCUT2D eigenvalue weighted by Crippen LogP contribution is 2.23. The second-order valence-electron chi connectivity index (χ2n) is 4.75. The van der Waals surface area contributed by atoms with Crippen LogP contribution in [-0.4, -0.2) is 41.8 Å². The minimum atomic E-state index is -0.453. The summed E-state index contributed by atoms with van der Waals surface area (Å²) in [4.78, 5) is 2.36. The summed E-state index contributed by atoms with van der Waals surface area (Å²) in [5.41, 5.74) is 0. The maximum atomic E-state index is 9.76. The summed E-state index contributed by atoms with van der Waals surface area (Å²) in [6.45, 7) is 6.53. The first-order chi connectivity index (χ1) is 7.67. The molecule has 1 fully saturated rings. The zero-order valence-corrected chi connectivity index (χ0v) is 10.3. The predicted molar refractivity (Wildman–Crippen MR) is 64.0 cm³/mol. The molecule has 0 aromatic carbocycles. The lowest BCUT2D eigenvalue weighted by Gasteiger charge is -2.38. The average Bonchev–Trinajstić information content (AvgIpc) is 2.29. The van der Waals surface area contributed by atoms with Crippen molar-refractivity contribution < 1.29 is 5.11 Å². The van der Waals surface area contributed by atoms with Crippen molar-refractivity contribution in [3.8, 4) is 0 Å². The molecular weight excluding hydrogens is 204 g/mol. The van der Waals surface area contributed by atoms with Gasteiger partial charge < -0.3 is 10.9 Å². The second-order valence-corrected chi connectivity index (χ2v) is 4.75. The molecule has 3 atom stereocenters. The van der Waals surface area contributed by atoms with Gasteiger partial charge in [-0.05, 0) is 25.7 Å². The molecule has 16 heavy (non-hydrogen) atoms. The first-order valence-electron chi connectivity index (χ1n) is 6.16. The number of rotatable bonds is 5. The first-order valence-corrected chi connectivity index (χ1v) is 6.16. The predicted octanol–water partition coefficient (Wildman–Crippen LogP) is 1.18.